The third-order valence-electron chi connectivity index (χ3n) is 3.08. The molecule has 3 aromatic rings. The SMILES string of the molecule is Cc1noc(C(=O)NCCc2c[nH]c3ccccc23)n1. The summed E-state index contributed by atoms with van der Waals surface area (Å²) in [5.74, 6) is 0.110. The van der Waals surface area contributed by atoms with Gasteiger partial charge in [0.05, 0.1) is 0 Å². The van der Waals surface area contributed by atoms with Crippen molar-refractivity contribution in [1.29, 1.82) is 0 Å². The quantitative estimate of drug-likeness (QED) is 0.757. The smallest absolute Gasteiger partial charge is 0.315 e. The lowest BCUT2D eigenvalue weighted by Crippen LogP contribution is -2.25. The van der Waals surface area contributed by atoms with E-state index in [1.54, 1.807) is 6.92 Å². The molecule has 0 fully saturated rings. The molecule has 1 amide bonds. The van der Waals surface area contributed by atoms with E-state index in [-0.39, 0.29) is 11.8 Å². The van der Waals surface area contributed by atoms with E-state index < -0.39 is 0 Å². The number of rotatable bonds is 4. The van der Waals surface area contributed by atoms with E-state index in [1.807, 2.05) is 24.4 Å². The zero-order valence-electron chi connectivity index (χ0n) is 11.0. The first kappa shape index (κ1) is 12.4. The topological polar surface area (TPSA) is 83.8 Å². The fourth-order valence-electron chi connectivity index (χ4n) is 2.11. The van der Waals surface area contributed by atoms with Crippen molar-refractivity contribution in [3.63, 3.8) is 0 Å². The van der Waals surface area contributed by atoms with Gasteiger partial charge < -0.3 is 14.8 Å². The van der Waals surface area contributed by atoms with Crippen molar-refractivity contribution in [3.05, 3.63) is 47.7 Å². The molecule has 2 heterocycles. The molecule has 0 spiro atoms. The molecule has 2 aromatic heterocycles. The summed E-state index contributed by atoms with van der Waals surface area (Å²) in [4.78, 5) is 18.8. The molecular weight excluding hydrogens is 256 g/mol. The molecule has 0 aliphatic rings. The molecule has 0 bridgehead atoms. The van der Waals surface area contributed by atoms with Gasteiger partial charge in [0, 0.05) is 23.6 Å². The average molecular weight is 270 g/mol. The lowest BCUT2D eigenvalue weighted by Gasteiger charge is -2.01. The summed E-state index contributed by atoms with van der Waals surface area (Å²) >= 11 is 0. The number of nitrogens with zero attached hydrogens (tertiary/aromatic N) is 2. The first-order valence-corrected chi connectivity index (χ1v) is 6.37. The molecule has 20 heavy (non-hydrogen) atoms. The summed E-state index contributed by atoms with van der Waals surface area (Å²) in [6.45, 7) is 2.19. The molecule has 102 valence electrons. The summed E-state index contributed by atoms with van der Waals surface area (Å²) in [5.41, 5.74) is 2.27. The van der Waals surface area contributed by atoms with Gasteiger partial charge in [0.2, 0.25) is 0 Å². The molecule has 0 atom stereocenters. The standard InChI is InChI=1S/C14H14N4O2/c1-9-17-14(20-18-9)13(19)15-7-6-10-8-16-12-5-3-2-4-11(10)12/h2-5,8,16H,6-7H2,1H3,(H,15,19). The monoisotopic (exact) mass is 270 g/mol. The Bertz CT molecular complexity index is 744. The normalized spacial score (nSPS) is 10.8. The van der Waals surface area contributed by atoms with Crippen molar-refractivity contribution in [2.75, 3.05) is 6.54 Å². The number of hydrogen-bond donors (Lipinski definition) is 2. The molecule has 0 saturated carbocycles. The van der Waals surface area contributed by atoms with Gasteiger partial charge in [-0.05, 0) is 25.0 Å². The number of H-pyrrole nitrogens is 1. The third-order valence-corrected chi connectivity index (χ3v) is 3.08. The number of benzene rings is 1. The summed E-state index contributed by atoms with van der Waals surface area (Å²) in [5, 5.41) is 7.53. The number of aromatic amines is 1. The van der Waals surface area contributed by atoms with Crippen molar-refractivity contribution in [3.8, 4) is 0 Å². The predicted octanol–water partition coefficient (Wildman–Crippen LogP) is 1.83. The van der Waals surface area contributed by atoms with Gasteiger partial charge in [-0.3, -0.25) is 4.79 Å². The van der Waals surface area contributed by atoms with Gasteiger partial charge in [0.15, 0.2) is 5.82 Å². The van der Waals surface area contributed by atoms with Gasteiger partial charge in [-0.15, -0.1) is 0 Å². The molecule has 0 saturated heterocycles. The fraction of sp³-hybridized carbons (Fsp3) is 0.214. The van der Waals surface area contributed by atoms with Crippen LogP contribution in [-0.2, 0) is 6.42 Å². The van der Waals surface area contributed by atoms with E-state index in [2.05, 4.69) is 26.5 Å². The summed E-state index contributed by atoms with van der Waals surface area (Å²) in [6, 6.07) is 8.07. The number of fused-ring (bicyclic) bond motifs is 1. The first-order chi connectivity index (χ1) is 9.74. The number of para-hydroxylation sites is 1. The molecule has 3 rings (SSSR count). The van der Waals surface area contributed by atoms with E-state index >= 15 is 0 Å². The van der Waals surface area contributed by atoms with Crippen molar-refractivity contribution in [2.45, 2.75) is 13.3 Å². The van der Waals surface area contributed by atoms with Crippen molar-refractivity contribution in [1.82, 2.24) is 20.4 Å². The summed E-state index contributed by atoms with van der Waals surface area (Å²) < 4.78 is 4.80. The van der Waals surface area contributed by atoms with Crippen LogP contribution in [0.3, 0.4) is 0 Å². The number of carbonyl (C=O) groups excluding carboxylic acids is 1. The van der Waals surface area contributed by atoms with Gasteiger partial charge in [-0.2, -0.15) is 4.98 Å². The van der Waals surface area contributed by atoms with Crippen LogP contribution in [0.4, 0.5) is 0 Å². The summed E-state index contributed by atoms with van der Waals surface area (Å²) in [7, 11) is 0. The highest BCUT2D eigenvalue weighted by Gasteiger charge is 2.12. The minimum Gasteiger partial charge on any atom is -0.361 e. The third kappa shape index (κ3) is 2.40. The van der Waals surface area contributed by atoms with Crippen LogP contribution in [0.25, 0.3) is 10.9 Å². The molecule has 0 radical (unpaired) electrons. The second-order valence-corrected chi connectivity index (χ2v) is 4.51. The average Bonchev–Trinajstić information content (AvgIpc) is 3.06. The number of aromatic nitrogens is 3. The van der Waals surface area contributed by atoms with Crippen LogP contribution in [0, 0.1) is 6.92 Å². The first-order valence-electron chi connectivity index (χ1n) is 6.37. The number of nitrogens with one attached hydrogen (secondary N) is 2. The van der Waals surface area contributed by atoms with E-state index in [4.69, 9.17) is 4.52 Å². The van der Waals surface area contributed by atoms with Gasteiger partial charge in [0.1, 0.15) is 0 Å². The minimum absolute atomic E-state index is 0.00132. The number of hydrogen-bond acceptors (Lipinski definition) is 4. The maximum absolute atomic E-state index is 11.7. The van der Waals surface area contributed by atoms with Crippen LogP contribution in [0.2, 0.25) is 0 Å². The van der Waals surface area contributed by atoms with Crippen molar-refractivity contribution >= 4 is 16.8 Å². The molecule has 2 N–H and O–H groups in total. The molecule has 0 aliphatic carbocycles. The highest BCUT2D eigenvalue weighted by atomic mass is 16.5. The van der Waals surface area contributed by atoms with Crippen LogP contribution in [0.15, 0.2) is 35.0 Å². The molecule has 1 aromatic carbocycles. The maximum atomic E-state index is 11.7. The molecule has 0 aliphatic heterocycles. The maximum Gasteiger partial charge on any atom is 0.315 e. The Hall–Kier alpha value is -2.63. The van der Waals surface area contributed by atoms with Crippen LogP contribution in [-0.4, -0.2) is 27.6 Å². The Morgan fingerprint density at radius 1 is 1.40 bits per heavy atom. The lowest BCUT2D eigenvalue weighted by molar-refractivity contribution is 0.0910. The predicted molar refractivity (Wildman–Crippen MR) is 73.4 cm³/mol. The van der Waals surface area contributed by atoms with Gasteiger partial charge in [-0.1, -0.05) is 23.4 Å². The molecule has 6 heteroatoms. The highest BCUT2D eigenvalue weighted by molar-refractivity contribution is 5.89. The molecule has 6 nitrogen and oxygen atoms in total. The number of carbonyl (C=O) groups is 1. The van der Waals surface area contributed by atoms with Crippen molar-refractivity contribution in [2.24, 2.45) is 0 Å². The van der Waals surface area contributed by atoms with E-state index in [1.165, 1.54) is 10.9 Å². The highest BCUT2D eigenvalue weighted by Crippen LogP contribution is 2.17. The second kappa shape index (κ2) is 5.16. The molecule has 0 unspecified atom stereocenters. The Labute approximate surface area is 115 Å². The van der Waals surface area contributed by atoms with Crippen LogP contribution < -0.4 is 5.32 Å². The zero-order valence-corrected chi connectivity index (χ0v) is 11.0. The lowest BCUT2D eigenvalue weighted by atomic mass is 10.1. The fourth-order valence-corrected chi connectivity index (χ4v) is 2.11. The van der Waals surface area contributed by atoms with Gasteiger partial charge in [-0.25, -0.2) is 0 Å². The number of aryl methyl sites for hydroxylation is 1. The number of amides is 1. The Morgan fingerprint density at radius 3 is 3.05 bits per heavy atom. The Kier molecular flexibility index (Phi) is 3.20. The summed E-state index contributed by atoms with van der Waals surface area (Å²) in [6.07, 6.45) is 2.70. The Morgan fingerprint density at radius 2 is 2.25 bits per heavy atom. The van der Waals surface area contributed by atoms with Crippen LogP contribution in [0.1, 0.15) is 22.1 Å². The van der Waals surface area contributed by atoms with E-state index in [9.17, 15) is 4.79 Å². The zero-order chi connectivity index (χ0) is 13.9. The van der Waals surface area contributed by atoms with Gasteiger partial charge in [0.25, 0.3) is 0 Å². The second-order valence-electron chi connectivity index (χ2n) is 4.51. The van der Waals surface area contributed by atoms with Gasteiger partial charge >= 0.3 is 11.8 Å². The van der Waals surface area contributed by atoms with E-state index in [0.29, 0.717) is 12.4 Å². The largest absolute Gasteiger partial charge is 0.361 e. The van der Waals surface area contributed by atoms with Crippen LogP contribution >= 0.6 is 0 Å². The van der Waals surface area contributed by atoms with Crippen LogP contribution in [0.5, 0.6) is 0 Å². The van der Waals surface area contributed by atoms with Crippen molar-refractivity contribution < 1.29 is 9.32 Å². The molecular formula is C14H14N4O2. The Balaban J connectivity index is 1.61. The minimum atomic E-state index is -0.342. The van der Waals surface area contributed by atoms with E-state index in [0.717, 1.165) is 11.9 Å².